The number of phenolic OH excluding ortho intramolecular Hbond substituents is 1. The number of ether oxygens (including phenoxy) is 2. The number of aromatic carboxylic acids is 3. The maximum atomic E-state index is 14.7. The Kier molecular flexibility index (Phi) is 13.4. The molecule has 0 saturated heterocycles. The van der Waals surface area contributed by atoms with Gasteiger partial charge in [0.1, 0.15) is 51.4 Å². The largest absolute Gasteiger partial charge is 0.507 e. The molecule has 0 bridgehead atoms. The third-order valence-electron chi connectivity index (χ3n) is 12.5. The molecule has 1 amide bonds. The highest BCUT2D eigenvalue weighted by Crippen LogP contribution is 2.43. The van der Waals surface area contributed by atoms with Crippen LogP contribution >= 0.6 is 0 Å². The Morgan fingerprint density at radius 1 is 0.535 bits per heavy atom. The quantitative estimate of drug-likeness (QED) is 0.0337. The number of aromatic hydroxyl groups is 2. The van der Waals surface area contributed by atoms with E-state index in [0.29, 0.717) is 43.1 Å². The molecule has 8 aromatic carbocycles. The average molecular weight is 960 g/mol. The Bertz CT molecular complexity index is 3520. The van der Waals surface area contributed by atoms with Gasteiger partial charge in [0.25, 0.3) is 0 Å². The first kappa shape index (κ1) is 48.6. The summed E-state index contributed by atoms with van der Waals surface area (Å²) < 4.78 is 11.9. The predicted octanol–water partition coefficient (Wildman–Crippen LogP) is 8.00. The molecule has 0 aliphatic carbocycles. The standard InChI is InChI=1S/C55H45NO15/c1-55(2,27-57)49(61)50(62)56-20-19-44(58)70-47-38(34-17-9-5-13-30(34)23-42(47)52(65)66)26-39-35-18-10-6-14-31(35)24-43(53(67)68)48(39)71-54(69)41-22-29-12-4-8-16-33(29)37(46(41)60)25-36-32-15-7-3-11-28(32)21-40(45(36)59)51(63)64/h3-18,21-24,49,57,59-61H,19-20,25-27H2,1-2H3,(H,56,62)(H,63,64)(H,65,66)(H,67,68). The van der Waals surface area contributed by atoms with Crippen molar-refractivity contribution in [3.63, 3.8) is 0 Å². The van der Waals surface area contributed by atoms with E-state index in [4.69, 9.17) is 9.47 Å². The van der Waals surface area contributed by atoms with E-state index in [1.807, 2.05) is 0 Å². The van der Waals surface area contributed by atoms with Gasteiger partial charge < -0.3 is 50.5 Å². The molecule has 0 fully saturated rings. The van der Waals surface area contributed by atoms with Crippen molar-refractivity contribution in [2.24, 2.45) is 5.41 Å². The molecule has 8 rings (SSSR count). The Balaban J connectivity index is 1.25. The lowest BCUT2D eigenvalue weighted by Gasteiger charge is -2.27. The summed E-state index contributed by atoms with van der Waals surface area (Å²) in [4.78, 5) is 79.4. The Morgan fingerprint density at radius 2 is 0.901 bits per heavy atom. The van der Waals surface area contributed by atoms with Crippen LogP contribution in [-0.2, 0) is 22.4 Å². The maximum absolute atomic E-state index is 14.7. The van der Waals surface area contributed by atoms with E-state index in [9.17, 15) is 64.5 Å². The zero-order valence-corrected chi connectivity index (χ0v) is 38.1. The molecule has 0 aliphatic heterocycles. The van der Waals surface area contributed by atoms with Crippen LogP contribution in [0.1, 0.15) is 84.0 Å². The summed E-state index contributed by atoms with van der Waals surface area (Å²) >= 11 is 0. The zero-order chi connectivity index (χ0) is 50.9. The van der Waals surface area contributed by atoms with E-state index in [-0.39, 0.29) is 40.8 Å². The van der Waals surface area contributed by atoms with E-state index in [1.54, 1.807) is 97.1 Å². The topological polar surface area (TPSA) is 275 Å². The number of carbonyl (C=O) groups excluding carboxylic acids is 3. The highest BCUT2D eigenvalue weighted by molar-refractivity contribution is 6.07. The average Bonchev–Trinajstić information content (AvgIpc) is 3.35. The molecule has 0 aromatic heterocycles. The fourth-order valence-corrected chi connectivity index (χ4v) is 8.70. The van der Waals surface area contributed by atoms with Crippen LogP contribution in [0.3, 0.4) is 0 Å². The van der Waals surface area contributed by atoms with Crippen molar-refractivity contribution in [1.82, 2.24) is 5.32 Å². The number of aliphatic hydroxyl groups excluding tert-OH is 2. The van der Waals surface area contributed by atoms with Gasteiger partial charge in [-0.25, -0.2) is 19.2 Å². The van der Waals surface area contributed by atoms with Crippen LogP contribution in [0.15, 0.2) is 121 Å². The van der Waals surface area contributed by atoms with Crippen LogP contribution in [0.25, 0.3) is 43.1 Å². The molecule has 71 heavy (non-hydrogen) atoms. The van der Waals surface area contributed by atoms with Crippen LogP contribution in [0.4, 0.5) is 0 Å². The minimum atomic E-state index is -1.63. The van der Waals surface area contributed by atoms with E-state index in [0.717, 1.165) is 0 Å². The molecular formula is C55H45NO15. The number of hydrogen-bond donors (Lipinski definition) is 8. The van der Waals surface area contributed by atoms with Crippen LogP contribution < -0.4 is 14.8 Å². The van der Waals surface area contributed by atoms with Crippen molar-refractivity contribution in [2.75, 3.05) is 13.2 Å². The Hall–Kier alpha value is -8.86. The minimum Gasteiger partial charge on any atom is -0.507 e. The van der Waals surface area contributed by atoms with Gasteiger partial charge in [-0.1, -0.05) is 111 Å². The Labute approximate surface area is 403 Å². The number of nitrogens with one attached hydrogen (secondary N) is 1. The molecule has 0 saturated carbocycles. The second kappa shape index (κ2) is 19.6. The highest BCUT2D eigenvalue weighted by atomic mass is 16.5. The molecule has 0 radical (unpaired) electrons. The zero-order valence-electron chi connectivity index (χ0n) is 38.1. The van der Waals surface area contributed by atoms with Crippen LogP contribution in [-0.4, -0.2) is 90.8 Å². The number of fused-ring (bicyclic) bond motifs is 4. The minimum absolute atomic E-state index is 0.0500. The Morgan fingerprint density at radius 3 is 1.34 bits per heavy atom. The van der Waals surface area contributed by atoms with Gasteiger partial charge >= 0.3 is 29.8 Å². The second-order valence-electron chi connectivity index (χ2n) is 17.6. The molecule has 8 aromatic rings. The van der Waals surface area contributed by atoms with Crippen molar-refractivity contribution < 1.29 is 74.0 Å². The highest BCUT2D eigenvalue weighted by Gasteiger charge is 2.34. The van der Waals surface area contributed by atoms with E-state index in [2.05, 4.69) is 5.32 Å². The van der Waals surface area contributed by atoms with Gasteiger partial charge in [-0.3, -0.25) is 9.59 Å². The molecule has 360 valence electrons. The summed E-state index contributed by atoms with van der Waals surface area (Å²) in [7, 11) is 0. The van der Waals surface area contributed by atoms with E-state index in [1.165, 1.54) is 38.1 Å². The molecule has 0 aliphatic rings. The van der Waals surface area contributed by atoms with Gasteiger partial charge in [-0.05, 0) is 67.4 Å². The summed E-state index contributed by atoms with van der Waals surface area (Å²) in [6.45, 7) is 2.07. The van der Waals surface area contributed by atoms with Crippen molar-refractivity contribution in [3.05, 3.63) is 166 Å². The van der Waals surface area contributed by atoms with Gasteiger partial charge in [-0.15, -0.1) is 0 Å². The number of rotatable bonds is 16. The number of carboxylic acid groups (broad SMARTS) is 3. The molecule has 1 atom stereocenters. The SMILES string of the molecule is CC(C)(CO)C(O)C(=O)NCCC(=O)Oc1c(C(=O)O)cc2ccccc2c1Cc1c(OC(=O)c2cc3ccccc3c(Cc3c(O)c(C(=O)O)cc4ccccc34)c2O)c(C(=O)O)cc2ccccc12. The number of amides is 1. The lowest BCUT2D eigenvalue weighted by atomic mass is 9.87. The molecule has 8 N–H and O–H groups in total. The van der Waals surface area contributed by atoms with Gasteiger partial charge in [0.05, 0.1) is 13.0 Å². The molecule has 16 heteroatoms. The lowest BCUT2D eigenvalue weighted by Crippen LogP contribution is -2.46. The first-order valence-corrected chi connectivity index (χ1v) is 22.2. The summed E-state index contributed by atoms with van der Waals surface area (Å²) in [5.41, 5.74) is -2.55. The summed E-state index contributed by atoms with van der Waals surface area (Å²) in [5.74, 6) is -9.53. The van der Waals surface area contributed by atoms with Crippen molar-refractivity contribution in [1.29, 1.82) is 0 Å². The van der Waals surface area contributed by atoms with Crippen molar-refractivity contribution in [3.8, 4) is 23.0 Å². The molecule has 0 heterocycles. The molecule has 16 nitrogen and oxygen atoms in total. The number of carboxylic acids is 3. The number of esters is 2. The van der Waals surface area contributed by atoms with Gasteiger partial charge in [0.2, 0.25) is 5.91 Å². The van der Waals surface area contributed by atoms with Crippen LogP contribution in [0.2, 0.25) is 0 Å². The fraction of sp³-hybridized carbons (Fsp3) is 0.164. The van der Waals surface area contributed by atoms with Crippen molar-refractivity contribution >= 4 is 78.8 Å². The summed E-state index contributed by atoms with van der Waals surface area (Å²) in [6.07, 6.45) is -2.80. The molecular weight excluding hydrogens is 915 g/mol. The van der Waals surface area contributed by atoms with E-state index < -0.39 is 106 Å². The number of benzene rings is 8. The smallest absolute Gasteiger partial charge is 0.347 e. The fourth-order valence-electron chi connectivity index (χ4n) is 8.70. The third-order valence-corrected chi connectivity index (χ3v) is 12.5. The summed E-state index contributed by atoms with van der Waals surface area (Å²) in [6, 6.07) is 31.8. The van der Waals surface area contributed by atoms with Gasteiger partial charge in [0.15, 0.2) is 0 Å². The van der Waals surface area contributed by atoms with Gasteiger partial charge in [-0.2, -0.15) is 0 Å². The maximum Gasteiger partial charge on any atom is 0.347 e. The van der Waals surface area contributed by atoms with E-state index >= 15 is 0 Å². The van der Waals surface area contributed by atoms with Crippen LogP contribution in [0.5, 0.6) is 23.0 Å². The second-order valence-corrected chi connectivity index (χ2v) is 17.6. The van der Waals surface area contributed by atoms with Gasteiger partial charge in [0, 0.05) is 47.1 Å². The monoisotopic (exact) mass is 959 g/mol. The number of hydrogen-bond acceptors (Lipinski definition) is 12. The number of carbonyl (C=O) groups is 6. The normalized spacial score (nSPS) is 11.9. The third kappa shape index (κ3) is 9.49. The van der Waals surface area contributed by atoms with Crippen molar-refractivity contribution in [2.45, 2.75) is 39.2 Å². The number of phenols is 2. The molecule has 1 unspecified atom stereocenters. The molecule has 0 spiro atoms. The summed E-state index contributed by atoms with van der Waals surface area (Å²) in [5, 5.41) is 80.5. The first-order chi connectivity index (χ1) is 33.9. The lowest BCUT2D eigenvalue weighted by molar-refractivity contribution is -0.137. The first-order valence-electron chi connectivity index (χ1n) is 22.2. The van der Waals surface area contributed by atoms with Crippen LogP contribution in [0, 0.1) is 5.41 Å². The predicted molar refractivity (Wildman–Crippen MR) is 261 cm³/mol. The number of aliphatic hydroxyl groups is 2.